The zero-order valence-corrected chi connectivity index (χ0v) is 19.9. The number of hydrogen-bond acceptors (Lipinski definition) is 6. The van der Waals surface area contributed by atoms with Crippen molar-refractivity contribution in [2.45, 2.75) is 44.2 Å². The third kappa shape index (κ3) is 6.43. The highest BCUT2D eigenvalue weighted by Crippen LogP contribution is 2.31. The molecule has 1 atom stereocenters. The van der Waals surface area contributed by atoms with Gasteiger partial charge in [0.05, 0.1) is 18.4 Å². The molecule has 3 rings (SSSR count). The van der Waals surface area contributed by atoms with E-state index in [2.05, 4.69) is 15.5 Å². The van der Waals surface area contributed by atoms with E-state index >= 15 is 0 Å². The van der Waals surface area contributed by atoms with Crippen LogP contribution in [0.3, 0.4) is 0 Å². The SMILES string of the molecule is COc1ccc(OC(C)c2nnc(SCC(=O)Nc3cccc(C(F)(F)F)c3)n2C(C)C)cc1. The van der Waals surface area contributed by atoms with Crippen LogP contribution in [0.25, 0.3) is 0 Å². The third-order valence-electron chi connectivity index (χ3n) is 4.75. The Bertz CT molecular complexity index is 1120. The first-order valence-corrected chi connectivity index (χ1v) is 11.4. The second kappa shape index (κ2) is 10.8. The van der Waals surface area contributed by atoms with Crippen molar-refractivity contribution in [2.75, 3.05) is 18.2 Å². The van der Waals surface area contributed by atoms with Crippen molar-refractivity contribution in [3.8, 4) is 11.5 Å². The Hall–Kier alpha value is -3.21. The fourth-order valence-electron chi connectivity index (χ4n) is 3.16. The Kier molecular flexibility index (Phi) is 8.08. The third-order valence-corrected chi connectivity index (χ3v) is 5.69. The molecule has 1 aromatic heterocycles. The zero-order chi connectivity index (χ0) is 24.9. The van der Waals surface area contributed by atoms with Gasteiger partial charge >= 0.3 is 6.18 Å². The molecule has 0 aliphatic carbocycles. The maximum Gasteiger partial charge on any atom is 0.416 e. The first kappa shape index (κ1) is 25.4. The van der Waals surface area contributed by atoms with Gasteiger partial charge in [0.15, 0.2) is 17.1 Å². The average Bonchev–Trinajstić information content (AvgIpc) is 3.22. The minimum atomic E-state index is -4.48. The lowest BCUT2D eigenvalue weighted by molar-refractivity contribution is -0.137. The molecule has 1 unspecified atom stereocenters. The van der Waals surface area contributed by atoms with E-state index in [1.807, 2.05) is 25.3 Å². The van der Waals surface area contributed by atoms with Crippen molar-refractivity contribution in [1.82, 2.24) is 14.8 Å². The number of carbonyl (C=O) groups excluding carboxylic acids is 1. The molecule has 0 spiro atoms. The van der Waals surface area contributed by atoms with Crippen molar-refractivity contribution in [3.63, 3.8) is 0 Å². The number of nitrogens with zero attached hydrogens (tertiary/aromatic N) is 3. The monoisotopic (exact) mass is 494 g/mol. The number of nitrogens with one attached hydrogen (secondary N) is 1. The Morgan fingerprint density at radius 2 is 1.76 bits per heavy atom. The van der Waals surface area contributed by atoms with E-state index in [1.54, 1.807) is 31.4 Å². The molecule has 2 aromatic carbocycles. The highest BCUT2D eigenvalue weighted by atomic mass is 32.2. The lowest BCUT2D eigenvalue weighted by atomic mass is 10.2. The number of hydrogen-bond donors (Lipinski definition) is 1. The van der Waals surface area contributed by atoms with Gasteiger partial charge in [0, 0.05) is 11.7 Å². The van der Waals surface area contributed by atoms with Crippen LogP contribution in [0.4, 0.5) is 18.9 Å². The molecule has 0 fully saturated rings. The highest BCUT2D eigenvalue weighted by Gasteiger charge is 2.30. The quantitative estimate of drug-likeness (QED) is 0.381. The van der Waals surface area contributed by atoms with Crippen LogP contribution in [0.2, 0.25) is 0 Å². The molecule has 3 aromatic rings. The van der Waals surface area contributed by atoms with Gasteiger partial charge in [-0.1, -0.05) is 17.8 Å². The van der Waals surface area contributed by atoms with Crippen molar-refractivity contribution in [1.29, 1.82) is 0 Å². The summed E-state index contributed by atoms with van der Waals surface area (Å²) >= 11 is 1.14. The fraction of sp³-hybridized carbons (Fsp3) is 0.348. The van der Waals surface area contributed by atoms with Crippen molar-refractivity contribution < 1.29 is 27.4 Å². The highest BCUT2D eigenvalue weighted by molar-refractivity contribution is 7.99. The Balaban J connectivity index is 1.66. The molecule has 0 bridgehead atoms. The van der Waals surface area contributed by atoms with Gasteiger partial charge in [0.2, 0.25) is 5.91 Å². The number of thioether (sulfide) groups is 1. The molecule has 182 valence electrons. The van der Waals surface area contributed by atoms with Crippen LogP contribution in [0.5, 0.6) is 11.5 Å². The number of carbonyl (C=O) groups is 1. The number of aromatic nitrogens is 3. The van der Waals surface area contributed by atoms with E-state index in [0.717, 1.165) is 23.9 Å². The van der Waals surface area contributed by atoms with Crippen LogP contribution in [0.1, 0.15) is 44.3 Å². The fourth-order valence-corrected chi connectivity index (χ4v) is 4.04. The molecule has 1 heterocycles. The maximum absolute atomic E-state index is 12.9. The predicted molar refractivity (Wildman–Crippen MR) is 123 cm³/mol. The molecule has 0 aliphatic rings. The van der Waals surface area contributed by atoms with Crippen LogP contribution in [-0.4, -0.2) is 33.5 Å². The van der Waals surface area contributed by atoms with Crippen LogP contribution >= 0.6 is 11.8 Å². The summed E-state index contributed by atoms with van der Waals surface area (Å²) in [5.41, 5.74) is -0.749. The van der Waals surface area contributed by atoms with Crippen LogP contribution in [0.15, 0.2) is 53.7 Å². The molecule has 0 saturated heterocycles. The topological polar surface area (TPSA) is 78.3 Å². The summed E-state index contributed by atoms with van der Waals surface area (Å²) in [6.07, 6.45) is -4.90. The molecule has 0 radical (unpaired) electrons. The van der Waals surface area contributed by atoms with Gasteiger partial charge in [-0.2, -0.15) is 13.2 Å². The number of alkyl halides is 3. The molecule has 1 amide bonds. The summed E-state index contributed by atoms with van der Waals surface area (Å²) in [6.45, 7) is 5.77. The Morgan fingerprint density at radius 3 is 2.38 bits per heavy atom. The second-order valence-corrected chi connectivity index (χ2v) is 8.60. The lowest BCUT2D eigenvalue weighted by Gasteiger charge is -2.19. The summed E-state index contributed by atoms with van der Waals surface area (Å²) in [6, 6.07) is 11.7. The molecule has 0 saturated carbocycles. The van der Waals surface area contributed by atoms with Gasteiger partial charge in [-0.15, -0.1) is 10.2 Å². The van der Waals surface area contributed by atoms with Crippen molar-refractivity contribution in [3.05, 3.63) is 59.9 Å². The Morgan fingerprint density at radius 1 is 1.09 bits per heavy atom. The number of halogens is 3. The molecule has 1 N–H and O–H groups in total. The Labute approximate surface area is 199 Å². The molecular formula is C23H25F3N4O3S. The molecule has 0 aliphatic heterocycles. The molecular weight excluding hydrogens is 469 g/mol. The van der Waals surface area contributed by atoms with E-state index in [4.69, 9.17) is 9.47 Å². The minimum Gasteiger partial charge on any atom is -0.497 e. The number of benzene rings is 2. The van der Waals surface area contributed by atoms with Gasteiger partial charge in [0.1, 0.15) is 11.5 Å². The summed E-state index contributed by atoms with van der Waals surface area (Å²) in [7, 11) is 1.59. The lowest BCUT2D eigenvalue weighted by Crippen LogP contribution is -2.17. The normalized spacial score (nSPS) is 12.5. The second-order valence-electron chi connectivity index (χ2n) is 7.66. The van der Waals surface area contributed by atoms with Gasteiger partial charge in [0.25, 0.3) is 0 Å². The summed E-state index contributed by atoms with van der Waals surface area (Å²) < 4.78 is 51.7. The van der Waals surface area contributed by atoms with Gasteiger partial charge in [-0.05, 0) is 63.2 Å². The van der Waals surface area contributed by atoms with Gasteiger partial charge in [-0.25, -0.2) is 0 Å². The van der Waals surface area contributed by atoms with Gasteiger partial charge < -0.3 is 19.4 Å². The summed E-state index contributed by atoms with van der Waals surface area (Å²) in [4.78, 5) is 12.4. The number of methoxy groups -OCH3 is 1. The molecule has 7 nitrogen and oxygen atoms in total. The average molecular weight is 495 g/mol. The predicted octanol–water partition coefficient (Wildman–Crippen LogP) is 5.76. The van der Waals surface area contributed by atoms with E-state index in [9.17, 15) is 18.0 Å². The van der Waals surface area contributed by atoms with Gasteiger partial charge in [-0.3, -0.25) is 4.79 Å². The summed E-state index contributed by atoms with van der Waals surface area (Å²) in [5, 5.41) is 11.5. The number of rotatable bonds is 9. The van der Waals surface area contributed by atoms with E-state index < -0.39 is 23.8 Å². The van der Waals surface area contributed by atoms with Crippen LogP contribution in [0, 0.1) is 0 Å². The smallest absolute Gasteiger partial charge is 0.416 e. The number of amides is 1. The van der Waals surface area contributed by atoms with Crippen molar-refractivity contribution >= 4 is 23.4 Å². The largest absolute Gasteiger partial charge is 0.497 e. The zero-order valence-electron chi connectivity index (χ0n) is 19.1. The number of anilines is 1. The molecule has 11 heteroatoms. The van der Waals surface area contributed by atoms with E-state index in [1.165, 1.54) is 12.1 Å². The molecule has 34 heavy (non-hydrogen) atoms. The maximum atomic E-state index is 12.9. The van der Waals surface area contributed by atoms with E-state index in [-0.39, 0.29) is 17.5 Å². The van der Waals surface area contributed by atoms with Crippen LogP contribution < -0.4 is 14.8 Å². The van der Waals surface area contributed by atoms with Crippen LogP contribution in [-0.2, 0) is 11.0 Å². The van der Waals surface area contributed by atoms with Crippen molar-refractivity contribution in [2.24, 2.45) is 0 Å². The minimum absolute atomic E-state index is 0.0130. The first-order chi connectivity index (χ1) is 16.1. The van der Waals surface area contributed by atoms with E-state index in [0.29, 0.717) is 22.5 Å². The number of ether oxygens (including phenoxy) is 2. The standard InChI is InChI=1S/C23H25F3N4O3S/c1-14(2)30-21(15(3)33-19-10-8-18(32-4)9-11-19)28-29-22(30)34-13-20(31)27-17-7-5-6-16(12-17)23(24,25)26/h5-12,14-15H,13H2,1-4H3,(H,27,31). The summed E-state index contributed by atoms with van der Waals surface area (Å²) in [5.74, 6) is 1.45. The first-order valence-electron chi connectivity index (χ1n) is 10.4.